The highest BCUT2D eigenvalue weighted by atomic mass is 35.5. The molecule has 0 fully saturated rings. The van der Waals surface area contributed by atoms with Crippen LogP contribution >= 0.6 is 22.9 Å². The molecule has 0 aliphatic rings. The van der Waals surface area contributed by atoms with Crippen LogP contribution in [-0.4, -0.2) is 26.2 Å². The number of hydrogen-bond acceptors (Lipinski definition) is 7. The van der Waals surface area contributed by atoms with E-state index in [1.54, 1.807) is 31.2 Å². The van der Waals surface area contributed by atoms with Crippen molar-refractivity contribution in [2.75, 3.05) is 11.3 Å². The number of rotatable bonds is 6. The fourth-order valence-electron chi connectivity index (χ4n) is 2.19. The summed E-state index contributed by atoms with van der Waals surface area (Å²) in [6.45, 7) is 3.76. The maximum Gasteiger partial charge on any atom is 0.360 e. The first-order valence-electron chi connectivity index (χ1n) is 7.83. The average Bonchev–Trinajstić information content (AvgIpc) is 3.26. The molecule has 0 saturated carbocycles. The van der Waals surface area contributed by atoms with Crippen molar-refractivity contribution in [3.8, 4) is 10.6 Å². The van der Waals surface area contributed by atoms with Crippen LogP contribution in [0.4, 0.5) is 5.69 Å². The van der Waals surface area contributed by atoms with Crippen LogP contribution in [0.5, 0.6) is 0 Å². The number of nitrogens with zero attached hydrogens (tertiary/aromatic N) is 1. The van der Waals surface area contributed by atoms with Gasteiger partial charge in [0.1, 0.15) is 4.21 Å². The summed E-state index contributed by atoms with van der Waals surface area (Å²) in [5, 5.41) is 3.95. The number of halogens is 1. The number of carbonyl (C=O) groups excluding carboxylic acids is 1. The molecule has 0 aliphatic carbocycles. The standard InChI is InChI=1S/C17H15ClN2O5S2/c1-3-24-17(21)13-9-14(25-19-13)15-6-7-16(26-15)27(22,23)20-12-5-4-10(2)8-11(12)18/h4-9,20H,3H2,1-2H3. The first-order valence-corrected chi connectivity index (χ1v) is 10.5. The monoisotopic (exact) mass is 426 g/mol. The van der Waals surface area contributed by atoms with Gasteiger partial charge in [-0.2, -0.15) is 0 Å². The van der Waals surface area contributed by atoms with Crippen molar-refractivity contribution >= 4 is 44.6 Å². The van der Waals surface area contributed by atoms with Crippen LogP contribution in [0.2, 0.25) is 5.02 Å². The second kappa shape index (κ2) is 7.71. The highest BCUT2D eigenvalue weighted by Gasteiger charge is 2.21. The quantitative estimate of drug-likeness (QED) is 0.588. The maximum atomic E-state index is 12.6. The molecular formula is C17H15ClN2O5S2. The van der Waals surface area contributed by atoms with Gasteiger partial charge in [-0.3, -0.25) is 4.72 Å². The molecule has 0 bridgehead atoms. The number of esters is 1. The summed E-state index contributed by atoms with van der Waals surface area (Å²) in [5.41, 5.74) is 1.24. The van der Waals surface area contributed by atoms with Crippen molar-refractivity contribution in [1.29, 1.82) is 0 Å². The maximum absolute atomic E-state index is 12.6. The van der Waals surface area contributed by atoms with Crippen LogP contribution in [-0.2, 0) is 14.8 Å². The summed E-state index contributed by atoms with van der Waals surface area (Å²) in [7, 11) is -3.82. The van der Waals surface area contributed by atoms with Gasteiger partial charge in [0.05, 0.1) is 22.2 Å². The molecule has 3 aromatic rings. The molecule has 3 rings (SSSR count). The normalized spacial score (nSPS) is 11.4. The topological polar surface area (TPSA) is 98.5 Å². The summed E-state index contributed by atoms with van der Waals surface area (Å²) >= 11 is 7.07. The zero-order chi connectivity index (χ0) is 19.6. The Morgan fingerprint density at radius 2 is 2.07 bits per heavy atom. The van der Waals surface area contributed by atoms with Gasteiger partial charge in [0.25, 0.3) is 10.0 Å². The molecule has 142 valence electrons. The largest absolute Gasteiger partial charge is 0.461 e. The Balaban J connectivity index is 1.83. The Bertz CT molecular complexity index is 1090. The van der Waals surface area contributed by atoms with Crippen LogP contribution in [0.3, 0.4) is 0 Å². The molecule has 0 radical (unpaired) electrons. The first-order chi connectivity index (χ1) is 12.8. The van der Waals surface area contributed by atoms with Crippen LogP contribution in [0.1, 0.15) is 23.0 Å². The van der Waals surface area contributed by atoms with Gasteiger partial charge in [-0.25, -0.2) is 13.2 Å². The SMILES string of the molecule is CCOC(=O)c1cc(-c2ccc(S(=O)(=O)Nc3ccc(C)cc3Cl)s2)on1. The van der Waals surface area contributed by atoms with Gasteiger partial charge in [0.15, 0.2) is 11.5 Å². The van der Waals surface area contributed by atoms with Crippen molar-refractivity contribution in [3.63, 3.8) is 0 Å². The van der Waals surface area contributed by atoms with Crippen molar-refractivity contribution in [3.05, 3.63) is 52.7 Å². The van der Waals surface area contributed by atoms with E-state index >= 15 is 0 Å². The van der Waals surface area contributed by atoms with E-state index in [4.69, 9.17) is 20.9 Å². The number of nitrogens with one attached hydrogen (secondary N) is 1. The summed E-state index contributed by atoms with van der Waals surface area (Å²) in [6.07, 6.45) is 0. The van der Waals surface area contributed by atoms with Gasteiger partial charge in [0.2, 0.25) is 0 Å². The summed E-state index contributed by atoms with van der Waals surface area (Å²) in [6, 6.07) is 9.46. The van der Waals surface area contributed by atoms with Crippen molar-refractivity contribution in [2.24, 2.45) is 0 Å². The number of carbonyl (C=O) groups is 1. The Hall–Kier alpha value is -2.36. The van der Waals surface area contributed by atoms with Gasteiger partial charge in [-0.05, 0) is 43.7 Å². The Morgan fingerprint density at radius 3 is 2.78 bits per heavy atom. The number of benzene rings is 1. The number of ether oxygens (including phenoxy) is 1. The number of thiophene rings is 1. The van der Waals surface area contributed by atoms with Gasteiger partial charge >= 0.3 is 5.97 Å². The third-order valence-corrected chi connectivity index (χ3v) is 6.72. The lowest BCUT2D eigenvalue weighted by Crippen LogP contribution is -2.11. The molecule has 1 aromatic carbocycles. The van der Waals surface area contributed by atoms with Gasteiger partial charge in [0, 0.05) is 6.07 Å². The van der Waals surface area contributed by atoms with E-state index in [-0.39, 0.29) is 22.3 Å². The van der Waals surface area contributed by atoms with Crippen molar-refractivity contribution in [2.45, 2.75) is 18.1 Å². The zero-order valence-electron chi connectivity index (χ0n) is 14.4. The first kappa shape index (κ1) is 19.4. The molecule has 2 aromatic heterocycles. The van der Waals surface area contributed by atoms with E-state index in [2.05, 4.69) is 9.88 Å². The van der Waals surface area contributed by atoms with E-state index in [1.165, 1.54) is 12.1 Å². The minimum Gasteiger partial charge on any atom is -0.461 e. The van der Waals surface area contributed by atoms with Crippen LogP contribution < -0.4 is 4.72 Å². The molecule has 27 heavy (non-hydrogen) atoms. The molecule has 0 amide bonds. The van der Waals surface area contributed by atoms with Gasteiger partial charge in [-0.1, -0.05) is 22.8 Å². The lowest BCUT2D eigenvalue weighted by atomic mass is 10.2. The second-order valence-electron chi connectivity index (χ2n) is 5.50. The Labute approximate surface area is 165 Å². The molecule has 7 nitrogen and oxygen atoms in total. The Morgan fingerprint density at radius 1 is 1.30 bits per heavy atom. The van der Waals surface area contributed by atoms with E-state index in [1.807, 2.05) is 6.92 Å². The lowest BCUT2D eigenvalue weighted by molar-refractivity contribution is 0.0514. The summed E-state index contributed by atoms with van der Waals surface area (Å²) in [4.78, 5) is 12.2. The molecule has 0 spiro atoms. The number of anilines is 1. The molecule has 1 N–H and O–H groups in total. The highest BCUT2D eigenvalue weighted by Crippen LogP contribution is 2.33. The number of aryl methyl sites for hydroxylation is 1. The third kappa shape index (κ3) is 4.32. The zero-order valence-corrected chi connectivity index (χ0v) is 16.7. The van der Waals surface area contributed by atoms with Gasteiger partial charge < -0.3 is 9.26 Å². The number of aromatic nitrogens is 1. The predicted octanol–water partition coefficient (Wildman–Crippen LogP) is 4.34. The fourth-order valence-corrected chi connectivity index (χ4v) is 4.86. The Kier molecular flexibility index (Phi) is 5.54. The van der Waals surface area contributed by atoms with E-state index in [0.717, 1.165) is 16.9 Å². The van der Waals surface area contributed by atoms with E-state index in [0.29, 0.717) is 15.6 Å². The molecule has 2 heterocycles. The number of sulfonamides is 1. The van der Waals surface area contributed by atoms with E-state index < -0.39 is 16.0 Å². The minimum absolute atomic E-state index is 0.0224. The average molecular weight is 427 g/mol. The molecular weight excluding hydrogens is 412 g/mol. The molecule has 10 heteroatoms. The third-order valence-electron chi connectivity index (χ3n) is 3.45. The van der Waals surface area contributed by atoms with Crippen LogP contribution in [0.15, 0.2) is 45.1 Å². The molecule has 0 saturated heterocycles. The lowest BCUT2D eigenvalue weighted by Gasteiger charge is -2.08. The predicted molar refractivity (Wildman–Crippen MR) is 103 cm³/mol. The minimum atomic E-state index is -3.82. The van der Waals surface area contributed by atoms with Gasteiger partial charge in [-0.15, -0.1) is 11.3 Å². The number of hydrogen-bond donors (Lipinski definition) is 1. The van der Waals surface area contributed by atoms with Crippen molar-refractivity contribution < 1.29 is 22.5 Å². The summed E-state index contributed by atoms with van der Waals surface area (Å²) in [5.74, 6) is -0.328. The highest BCUT2D eigenvalue weighted by molar-refractivity contribution is 7.94. The molecule has 0 aliphatic heterocycles. The smallest absolute Gasteiger partial charge is 0.360 e. The van der Waals surface area contributed by atoms with Crippen LogP contribution in [0, 0.1) is 6.92 Å². The van der Waals surface area contributed by atoms with E-state index in [9.17, 15) is 13.2 Å². The fraction of sp³-hybridized carbons (Fsp3) is 0.176. The molecule has 0 atom stereocenters. The van der Waals surface area contributed by atoms with Crippen LogP contribution in [0.25, 0.3) is 10.6 Å². The summed E-state index contributed by atoms with van der Waals surface area (Å²) < 4.78 is 37.7. The van der Waals surface area contributed by atoms with Crippen molar-refractivity contribution in [1.82, 2.24) is 5.16 Å². The molecule has 0 unspecified atom stereocenters. The second-order valence-corrected chi connectivity index (χ2v) is 8.90.